The lowest BCUT2D eigenvalue weighted by Crippen LogP contribution is -2.32. The molecule has 0 N–H and O–H groups in total. The second-order valence-corrected chi connectivity index (χ2v) is 13.2. The molecule has 49 heavy (non-hydrogen) atoms. The molecule has 2 heterocycles. The zero-order chi connectivity index (χ0) is 32.1. The Morgan fingerprint density at radius 1 is 0.408 bits per heavy atom. The van der Waals surface area contributed by atoms with Gasteiger partial charge in [0.1, 0.15) is 11.5 Å². The van der Waals surface area contributed by atoms with Crippen molar-refractivity contribution >= 4 is 32.6 Å². The second-order valence-electron chi connectivity index (χ2n) is 13.2. The molecule has 1 aromatic heterocycles. The third kappa shape index (κ3) is 3.50. The molecule has 0 fully saturated rings. The summed E-state index contributed by atoms with van der Waals surface area (Å²) in [4.78, 5) is 0. The molecule has 228 valence electrons. The lowest BCUT2D eigenvalue weighted by atomic mass is 9.66. The van der Waals surface area contributed by atoms with Gasteiger partial charge in [-0.1, -0.05) is 133 Å². The fourth-order valence-corrected chi connectivity index (χ4v) is 8.85. The molecule has 9 aromatic rings. The predicted molar refractivity (Wildman–Crippen MR) is 201 cm³/mol. The molecular weight excluding hydrogens is 595 g/mol. The summed E-state index contributed by atoms with van der Waals surface area (Å²) < 4.78 is 9.20. The van der Waals surface area contributed by atoms with Crippen molar-refractivity contribution in [2.45, 2.75) is 5.41 Å². The highest BCUT2D eigenvalue weighted by Gasteiger charge is 2.51. The fourth-order valence-electron chi connectivity index (χ4n) is 8.85. The van der Waals surface area contributed by atoms with Crippen LogP contribution < -0.4 is 4.74 Å². The first kappa shape index (κ1) is 26.7. The Balaban J connectivity index is 1.25. The SMILES string of the molecule is c1ccc(-n2c3cc4ccccc4cc3c3cccc(-c4ccc5c(c4)C4(c6ccccc6O5)c5ccccc5-c5ccccc54)c32)cc1. The minimum absolute atomic E-state index is 0.509. The first-order chi connectivity index (χ1) is 24.3. The van der Waals surface area contributed by atoms with E-state index >= 15 is 0 Å². The average Bonchev–Trinajstić information content (AvgIpc) is 3.65. The molecule has 0 saturated heterocycles. The van der Waals surface area contributed by atoms with Crippen LogP contribution in [0.5, 0.6) is 11.5 Å². The van der Waals surface area contributed by atoms with Gasteiger partial charge in [-0.25, -0.2) is 0 Å². The van der Waals surface area contributed by atoms with Gasteiger partial charge in [0.25, 0.3) is 0 Å². The van der Waals surface area contributed by atoms with Gasteiger partial charge in [-0.3, -0.25) is 0 Å². The van der Waals surface area contributed by atoms with Crippen LogP contribution in [0, 0.1) is 0 Å². The molecular formula is C47H29NO. The van der Waals surface area contributed by atoms with E-state index in [1.54, 1.807) is 0 Å². The lowest BCUT2D eigenvalue weighted by Gasteiger charge is -2.39. The molecule has 0 atom stereocenters. The van der Waals surface area contributed by atoms with Crippen LogP contribution in [0.25, 0.3) is 60.5 Å². The standard InChI is InChI=1S/C47H29NO/c1-2-15-33(16-3-1)48-43-29-31-14-5-4-13-30(31)27-38(43)37-20-12-19-34(46(37)48)32-25-26-45-42(28-32)47(41-23-10-11-24-44(41)49-45)39-21-8-6-17-35(39)36-18-7-9-22-40(36)47/h1-29H. The van der Waals surface area contributed by atoms with Gasteiger partial charge in [0.05, 0.1) is 16.4 Å². The van der Waals surface area contributed by atoms with Gasteiger partial charge in [0.15, 0.2) is 0 Å². The largest absolute Gasteiger partial charge is 0.457 e. The maximum absolute atomic E-state index is 6.75. The van der Waals surface area contributed by atoms with E-state index in [-0.39, 0.29) is 0 Å². The summed E-state index contributed by atoms with van der Waals surface area (Å²) in [6.07, 6.45) is 0. The number of ether oxygens (including phenoxy) is 1. The Morgan fingerprint density at radius 2 is 1.02 bits per heavy atom. The zero-order valence-corrected chi connectivity index (χ0v) is 26.6. The van der Waals surface area contributed by atoms with Crippen molar-refractivity contribution in [3.63, 3.8) is 0 Å². The highest BCUT2D eigenvalue weighted by atomic mass is 16.5. The van der Waals surface area contributed by atoms with Crippen molar-refractivity contribution in [2.75, 3.05) is 0 Å². The van der Waals surface area contributed by atoms with E-state index in [0.717, 1.165) is 22.7 Å². The van der Waals surface area contributed by atoms with E-state index in [1.165, 1.54) is 71.5 Å². The molecule has 0 radical (unpaired) electrons. The molecule has 0 amide bonds. The van der Waals surface area contributed by atoms with Gasteiger partial charge in [-0.2, -0.15) is 0 Å². The number of benzene rings is 8. The Hall–Kier alpha value is -6.38. The van der Waals surface area contributed by atoms with Crippen LogP contribution in [-0.4, -0.2) is 4.57 Å². The molecule has 2 aliphatic rings. The number of aromatic nitrogens is 1. The van der Waals surface area contributed by atoms with Crippen LogP contribution in [0.4, 0.5) is 0 Å². The van der Waals surface area contributed by atoms with E-state index in [1.807, 2.05) is 0 Å². The molecule has 0 saturated carbocycles. The molecule has 1 spiro atoms. The summed E-state index contributed by atoms with van der Waals surface area (Å²) in [7, 11) is 0. The van der Waals surface area contributed by atoms with Gasteiger partial charge in [-0.15, -0.1) is 0 Å². The molecule has 0 unspecified atom stereocenters. The number of fused-ring (bicyclic) bond motifs is 13. The maximum Gasteiger partial charge on any atom is 0.132 e. The molecule has 1 aliphatic carbocycles. The number of rotatable bonds is 2. The van der Waals surface area contributed by atoms with Crippen LogP contribution >= 0.6 is 0 Å². The van der Waals surface area contributed by atoms with Crippen molar-refractivity contribution in [3.8, 4) is 39.4 Å². The van der Waals surface area contributed by atoms with E-state index in [2.05, 4.69) is 180 Å². The van der Waals surface area contributed by atoms with Crippen molar-refractivity contribution in [2.24, 2.45) is 0 Å². The maximum atomic E-state index is 6.75. The topological polar surface area (TPSA) is 14.2 Å². The quantitative estimate of drug-likeness (QED) is 0.187. The Labute approximate surface area is 284 Å². The van der Waals surface area contributed by atoms with Crippen LogP contribution in [0.1, 0.15) is 22.3 Å². The van der Waals surface area contributed by atoms with E-state index in [0.29, 0.717) is 0 Å². The minimum atomic E-state index is -0.509. The summed E-state index contributed by atoms with van der Waals surface area (Å²) in [6, 6.07) is 64.2. The van der Waals surface area contributed by atoms with Gasteiger partial charge in [0, 0.05) is 33.2 Å². The molecule has 11 rings (SSSR count). The van der Waals surface area contributed by atoms with Gasteiger partial charge >= 0.3 is 0 Å². The normalized spacial score (nSPS) is 13.6. The third-order valence-electron chi connectivity index (χ3n) is 10.8. The smallest absolute Gasteiger partial charge is 0.132 e. The highest BCUT2D eigenvalue weighted by Crippen LogP contribution is 2.62. The van der Waals surface area contributed by atoms with E-state index in [4.69, 9.17) is 4.74 Å². The highest BCUT2D eigenvalue weighted by molar-refractivity contribution is 6.17. The van der Waals surface area contributed by atoms with Crippen LogP contribution in [0.2, 0.25) is 0 Å². The number of para-hydroxylation sites is 3. The summed E-state index contributed by atoms with van der Waals surface area (Å²) in [6.45, 7) is 0. The molecule has 8 aromatic carbocycles. The lowest BCUT2D eigenvalue weighted by molar-refractivity contribution is 0.436. The average molecular weight is 624 g/mol. The molecule has 0 bridgehead atoms. The monoisotopic (exact) mass is 623 g/mol. The third-order valence-corrected chi connectivity index (χ3v) is 10.8. The number of hydrogen-bond donors (Lipinski definition) is 0. The summed E-state index contributed by atoms with van der Waals surface area (Å²) in [5, 5.41) is 4.98. The predicted octanol–water partition coefficient (Wildman–Crippen LogP) is 12.1. The van der Waals surface area contributed by atoms with Crippen LogP contribution in [0.15, 0.2) is 176 Å². The van der Waals surface area contributed by atoms with Crippen molar-refractivity contribution in [1.82, 2.24) is 4.57 Å². The van der Waals surface area contributed by atoms with Gasteiger partial charge < -0.3 is 9.30 Å². The molecule has 1 aliphatic heterocycles. The van der Waals surface area contributed by atoms with Crippen LogP contribution in [-0.2, 0) is 5.41 Å². The van der Waals surface area contributed by atoms with E-state index in [9.17, 15) is 0 Å². The minimum Gasteiger partial charge on any atom is -0.457 e. The number of nitrogens with zero attached hydrogens (tertiary/aromatic N) is 1. The molecule has 2 heteroatoms. The Morgan fingerprint density at radius 3 is 1.80 bits per heavy atom. The van der Waals surface area contributed by atoms with E-state index < -0.39 is 5.41 Å². The second kappa shape index (κ2) is 9.82. The first-order valence-corrected chi connectivity index (χ1v) is 16.9. The van der Waals surface area contributed by atoms with Gasteiger partial charge in [-0.05, 0) is 81.1 Å². The Kier molecular flexibility index (Phi) is 5.34. The van der Waals surface area contributed by atoms with Crippen LogP contribution in [0.3, 0.4) is 0 Å². The zero-order valence-electron chi connectivity index (χ0n) is 26.6. The molecule has 2 nitrogen and oxygen atoms in total. The summed E-state index contributed by atoms with van der Waals surface area (Å²) in [5.41, 5.74) is 12.9. The van der Waals surface area contributed by atoms with Crippen molar-refractivity contribution < 1.29 is 4.74 Å². The Bertz CT molecular complexity index is 2760. The fraction of sp³-hybridized carbons (Fsp3) is 0.0213. The summed E-state index contributed by atoms with van der Waals surface area (Å²) >= 11 is 0. The van der Waals surface area contributed by atoms with Crippen molar-refractivity contribution in [3.05, 3.63) is 198 Å². The van der Waals surface area contributed by atoms with Gasteiger partial charge in [0.2, 0.25) is 0 Å². The van der Waals surface area contributed by atoms with Crippen molar-refractivity contribution in [1.29, 1.82) is 0 Å². The first-order valence-electron chi connectivity index (χ1n) is 16.9. The number of hydrogen-bond acceptors (Lipinski definition) is 1. The summed E-state index contributed by atoms with van der Waals surface area (Å²) in [5.74, 6) is 1.81.